The van der Waals surface area contributed by atoms with Crippen molar-refractivity contribution in [2.75, 3.05) is 26.0 Å². The van der Waals surface area contributed by atoms with Crippen LogP contribution in [0.15, 0.2) is 54.7 Å². The number of anilines is 1. The highest BCUT2D eigenvalue weighted by Crippen LogP contribution is 2.28. The highest BCUT2D eigenvalue weighted by molar-refractivity contribution is 5.98. The summed E-state index contributed by atoms with van der Waals surface area (Å²) in [4.78, 5) is 55.2. The molecule has 12 nitrogen and oxygen atoms in total. The number of rotatable bonds is 7. The van der Waals surface area contributed by atoms with Gasteiger partial charge in [0.1, 0.15) is 17.1 Å². The highest BCUT2D eigenvalue weighted by Gasteiger charge is 2.21. The number of fused-ring (bicyclic) bond motifs is 2. The van der Waals surface area contributed by atoms with Gasteiger partial charge in [0.15, 0.2) is 18.1 Å². The normalized spacial score (nSPS) is 12.2. The third kappa shape index (κ3) is 5.43. The smallest absolute Gasteiger partial charge is 0.270 e. The molecule has 13 heteroatoms. The summed E-state index contributed by atoms with van der Waals surface area (Å²) < 4.78 is 20.8. The van der Waals surface area contributed by atoms with Crippen LogP contribution in [-0.4, -0.2) is 63.8 Å². The number of carbonyl (C=O) groups excluding carboxylic acids is 4. The van der Waals surface area contributed by atoms with Crippen molar-refractivity contribution in [3.63, 3.8) is 0 Å². The van der Waals surface area contributed by atoms with Crippen LogP contribution in [0, 0.1) is 5.82 Å². The number of halogens is 1. The Bertz CT molecular complexity index is 1650. The van der Waals surface area contributed by atoms with E-state index in [2.05, 4.69) is 26.0 Å². The Kier molecular flexibility index (Phi) is 7.10. The Morgan fingerprint density at radius 1 is 1.02 bits per heavy atom. The molecule has 0 spiro atoms. The molecular weight excluding hydrogens is 521 g/mol. The van der Waals surface area contributed by atoms with Gasteiger partial charge in [0.25, 0.3) is 23.6 Å². The monoisotopic (exact) mass is 545 g/mol. The summed E-state index contributed by atoms with van der Waals surface area (Å²) in [6.07, 6.45) is 0.907. The lowest BCUT2D eigenvalue weighted by molar-refractivity contribution is -0.118. The van der Waals surface area contributed by atoms with Gasteiger partial charge in [-0.1, -0.05) is 18.2 Å². The predicted molar refractivity (Wildman–Crippen MR) is 140 cm³/mol. The summed E-state index contributed by atoms with van der Waals surface area (Å²) in [7, 11) is 3.31. The molecule has 1 aliphatic heterocycles. The lowest BCUT2D eigenvalue weighted by atomic mass is 10.1. The maximum Gasteiger partial charge on any atom is 0.270 e. The topological polar surface area (TPSA) is 147 Å². The van der Waals surface area contributed by atoms with Gasteiger partial charge in [-0.15, -0.1) is 0 Å². The lowest BCUT2D eigenvalue weighted by Crippen LogP contribution is -2.29. The third-order valence-electron chi connectivity index (χ3n) is 6.08. The number of hydrogen-bond donors (Lipinski definition) is 3. The molecule has 2 aromatic heterocycles. The molecule has 0 saturated heterocycles. The van der Waals surface area contributed by atoms with Gasteiger partial charge in [-0.25, -0.2) is 13.9 Å². The van der Waals surface area contributed by atoms with Crippen LogP contribution >= 0.6 is 0 Å². The molecule has 5 rings (SSSR count). The number of carbonyl (C=O) groups is 4. The van der Waals surface area contributed by atoms with Crippen molar-refractivity contribution in [2.45, 2.75) is 13.1 Å². The highest BCUT2D eigenvalue weighted by atomic mass is 19.1. The molecule has 1 aliphatic rings. The van der Waals surface area contributed by atoms with Gasteiger partial charge >= 0.3 is 0 Å². The summed E-state index contributed by atoms with van der Waals surface area (Å²) in [6.45, 7) is 0.121. The van der Waals surface area contributed by atoms with Crippen molar-refractivity contribution < 1.29 is 28.3 Å². The lowest BCUT2D eigenvalue weighted by Gasteiger charge is -2.18. The number of hydrogen-bond acceptors (Lipinski definition) is 7. The molecule has 4 amide bonds. The number of ether oxygens (including phenoxy) is 1. The fourth-order valence-corrected chi connectivity index (χ4v) is 4.02. The number of nitrogens with one attached hydrogen (secondary N) is 3. The van der Waals surface area contributed by atoms with Crippen molar-refractivity contribution in [3.05, 3.63) is 88.6 Å². The third-order valence-corrected chi connectivity index (χ3v) is 6.08. The fraction of sp³-hybridized carbons (Fsp3) is 0.185. The van der Waals surface area contributed by atoms with Gasteiger partial charge in [-0.05, 0) is 35.4 Å². The van der Waals surface area contributed by atoms with Crippen LogP contribution in [0.3, 0.4) is 0 Å². The van der Waals surface area contributed by atoms with Crippen LogP contribution in [0.1, 0.15) is 42.5 Å². The summed E-state index contributed by atoms with van der Waals surface area (Å²) in [5, 5.41) is 12.0. The second-order valence-corrected chi connectivity index (χ2v) is 9.18. The van der Waals surface area contributed by atoms with E-state index >= 15 is 0 Å². The van der Waals surface area contributed by atoms with E-state index in [9.17, 15) is 23.6 Å². The molecule has 3 N–H and O–H groups in total. The van der Waals surface area contributed by atoms with Crippen molar-refractivity contribution in [2.24, 2.45) is 0 Å². The molecule has 4 aromatic rings. The van der Waals surface area contributed by atoms with E-state index in [4.69, 9.17) is 4.74 Å². The van der Waals surface area contributed by atoms with E-state index in [1.54, 1.807) is 56.6 Å². The quantitative estimate of drug-likeness (QED) is 0.321. The van der Waals surface area contributed by atoms with E-state index in [0.29, 0.717) is 22.6 Å². The maximum absolute atomic E-state index is 14.4. The summed E-state index contributed by atoms with van der Waals surface area (Å²) in [5.74, 6) is -1.95. The zero-order chi connectivity index (χ0) is 28.4. The number of amides is 4. The van der Waals surface area contributed by atoms with E-state index in [1.165, 1.54) is 11.0 Å². The SMILES string of the molecule is CN(C)C(=O)c1ccc(CNC(=O)c2cc(C(=O)NCc3ccc4c(c3)NC(=O)CO4)nc3c(F)cnn23)cc1. The Morgan fingerprint density at radius 2 is 1.73 bits per heavy atom. The van der Waals surface area contributed by atoms with Crippen LogP contribution < -0.4 is 20.7 Å². The first-order valence-corrected chi connectivity index (χ1v) is 12.2. The van der Waals surface area contributed by atoms with E-state index in [1.807, 2.05) is 0 Å². The van der Waals surface area contributed by atoms with Gasteiger partial charge in [0.05, 0.1) is 11.9 Å². The minimum Gasteiger partial charge on any atom is -0.482 e. The molecule has 0 saturated carbocycles. The van der Waals surface area contributed by atoms with Crippen LogP contribution in [0.5, 0.6) is 5.75 Å². The van der Waals surface area contributed by atoms with Crippen LogP contribution in [0.2, 0.25) is 0 Å². The minimum atomic E-state index is -0.796. The minimum absolute atomic E-state index is 0.0671. The molecule has 2 aromatic carbocycles. The Labute approximate surface area is 227 Å². The standard InChI is InChI=1S/C27H24FN7O5/c1-34(2)27(39)17-6-3-15(4-7-17)11-30-26(38)21-10-20(33-24-18(28)13-31-35(21)24)25(37)29-12-16-5-8-22-19(9-16)32-23(36)14-40-22/h3-10,13H,11-12,14H2,1-2H3,(H,29,37)(H,30,38)(H,32,36). The molecule has 204 valence electrons. The van der Waals surface area contributed by atoms with Gasteiger partial charge in [0, 0.05) is 38.8 Å². The van der Waals surface area contributed by atoms with E-state index in [0.717, 1.165) is 16.3 Å². The summed E-state index contributed by atoms with van der Waals surface area (Å²) in [6, 6.07) is 13.0. The molecular formula is C27H24FN7O5. The molecule has 0 bridgehead atoms. The Balaban J connectivity index is 1.30. The predicted octanol–water partition coefficient (Wildman–Crippen LogP) is 1.76. The maximum atomic E-state index is 14.4. The second kappa shape index (κ2) is 10.8. The average molecular weight is 546 g/mol. The largest absolute Gasteiger partial charge is 0.482 e. The number of nitrogens with zero attached hydrogens (tertiary/aromatic N) is 4. The zero-order valence-corrected chi connectivity index (χ0v) is 21.5. The summed E-state index contributed by atoms with van der Waals surface area (Å²) in [5.41, 5.74) is 1.84. The molecule has 0 radical (unpaired) electrons. The molecule has 40 heavy (non-hydrogen) atoms. The van der Waals surface area contributed by atoms with Crippen LogP contribution in [0.25, 0.3) is 5.65 Å². The Morgan fingerprint density at radius 3 is 2.48 bits per heavy atom. The fourth-order valence-electron chi connectivity index (χ4n) is 4.02. The van der Waals surface area contributed by atoms with Crippen LogP contribution in [0.4, 0.5) is 10.1 Å². The van der Waals surface area contributed by atoms with Gasteiger partial charge < -0.3 is 25.6 Å². The first-order valence-electron chi connectivity index (χ1n) is 12.2. The van der Waals surface area contributed by atoms with Crippen LogP contribution in [-0.2, 0) is 17.9 Å². The second-order valence-electron chi connectivity index (χ2n) is 9.18. The number of benzene rings is 2. The first kappa shape index (κ1) is 26.3. The molecule has 0 aliphatic carbocycles. The molecule has 0 fully saturated rings. The van der Waals surface area contributed by atoms with Gasteiger partial charge in [-0.2, -0.15) is 5.10 Å². The van der Waals surface area contributed by atoms with Crippen molar-refractivity contribution >= 4 is 35.0 Å². The Hall–Kier alpha value is -5.33. The summed E-state index contributed by atoms with van der Waals surface area (Å²) >= 11 is 0. The number of aromatic nitrogens is 3. The molecule has 3 heterocycles. The molecule has 0 unspecified atom stereocenters. The van der Waals surface area contributed by atoms with Gasteiger partial charge in [-0.3, -0.25) is 19.2 Å². The molecule has 0 atom stereocenters. The zero-order valence-electron chi connectivity index (χ0n) is 21.5. The van der Waals surface area contributed by atoms with Crippen molar-refractivity contribution in [1.29, 1.82) is 0 Å². The van der Waals surface area contributed by atoms with Gasteiger partial charge in [0.2, 0.25) is 0 Å². The first-order chi connectivity index (χ1) is 19.2. The van der Waals surface area contributed by atoms with E-state index < -0.39 is 17.6 Å². The average Bonchev–Trinajstić information content (AvgIpc) is 3.34. The van der Waals surface area contributed by atoms with Crippen molar-refractivity contribution in [1.82, 2.24) is 30.1 Å². The van der Waals surface area contributed by atoms with E-state index in [-0.39, 0.29) is 48.5 Å². The van der Waals surface area contributed by atoms with Crippen molar-refractivity contribution in [3.8, 4) is 5.75 Å².